The molecule has 0 amide bonds. The molecule has 0 aliphatic rings. The van der Waals surface area contributed by atoms with Gasteiger partial charge in [0.25, 0.3) is 0 Å². The van der Waals surface area contributed by atoms with E-state index >= 15 is 0 Å². The molecule has 0 saturated heterocycles. The van der Waals surface area contributed by atoms with Crippen LogP contribution in [-0.4, -0.2) is 38.0 Å². The summed E-state index contributed by atoms with van der Waals surface area (Å²) in [4.78, 5) is 3.96. The molecular weight excluding hydrogens is 319 g/mol. The number of halogens is 1. The van der Waals surface area contributed by atoms with Crippen molar-refractivity contribution in [3.05, 3.63) is 59.7 Å². The smallest absolute Gasteiger partial charge is 0.243 e. The number of aryl methyl sites for hydroxylation is 1. The number of rotatable bonds is 7. The highest BCUT2D eigenvalue weighted by Gasteiger charge is 2.26. The second-order valence-corrected chi connectivity index (χ2v) is 7.01. The predicted molar refractivity (Wildman–Crippen MR) is 84.8 cm³/mol. The number of aromatic nitrogens is 1. The number of methoxy groups -OCH3 is 1. The Hall–Kier alpha value is -1.83. The van der Waals surface area contributed by atoms with Gasteiger partial charge in [-0.25, -0.2) is 12.8 Å². The van der Waals surface area contributed by atoms with E-state index in [9.17, 15) is 12.8 Å². The molecule has 0 spiro atoms. The lowest BCUT2D eigenvalue weighted by atomic mass is 10.2. The van der Waals surface area contributed by atoms with Crippen molar-refractivity contribution in [1.29, 1.82) is 0 Å². The van der Waals surface area contributed by atoms with Crippen LogP contribution in [0.25, 0.3) is 0 Å². The van der Waals surface area contributed by atoms with E-state index in [4.69, 9.17) is 4.74 Å². The number of pyridine rings is 1. The van der Waals surface area contributed by atoms with E-state index in [1.165, 1.54) is 23.5 Å². The lowest BCUT2D eigenvalue weighted by Gasteiger charge is -2.23. The molecule has 0 N–H and O–H groups in total. The number of hydrogen-bond donors (Lipinski definition) is 0. The molecule has 1 heterocycles. The van der Waals surface area contributed by atoms with Crippen molar-refractivity contribution in [3.63, 3.8) is 0 Å². The average molecular weight is 338 g/mol. The SMILES string of the molecule is COCCN(Cc1cccnc1)S(=O)(=O)c1cc(F)ccc1C. The molecule has 0 bridgehead atoms. The van der Waals surface area contributed by atoms with Crippen molar-refractivity contribution in [3.8, 4) is 0 Å². The first-order valence-corrected chi connectivity index (χ1v) is 8.53. The van der Waals surface area contributed by atoms with Crippen LogP contribution in [0, 0.1) is 12.7 Å². The van der Waals surface area contributed by atoms with Crippen molar-refractivity contribution in [2.45, 2.75) is 18.4 Å². The third kappa shape index (κ3) is 4.34. The van der Waals surface area contributed by atoms with Gasteiger partial charge in [-0.2, -0.15) is 4.31 Å². The molecule has 0 unspecified atom stereocenters. The van der Waals surface area contributed by atoms with Crippen LogP contribution in [0.2, 0.25) is 0 Å². The molecule has 0 atom stereocenters. The molecular formula is C16H19FN2O3S. The summed E-state index contributed by atoms with van der Waals surface area (Å²) < 4.78 is 45.6. The molecule has 0 fully saturated rings. The number of ether oxygens (including phenoxy) is 1. The zero-order chi connectivity index (χ0) is 16.9. The maximum absolute atomic E-state index is 13.5. The van der Waals surface area contributed by atoms with E-state index < -0.39 is 15.8 Å². The van der Waals surface area contributed by atoms with E-state index in [1.807, 2.05) is 0 Å². The zero-order valence-corrected chi connectivity index (χ0v) is 13.9. The number of benzene rings is 1. The van der Waals surface area contributed by atoms with Gasteiger partial charge in [-0.1, -0.05) is 12.1 Å². The Labute approximate surface area is 135 Å². The van der Waals surface area contributed by atoms with Gasteiger partial charge in [-0.15, -0.1) is 0 Å². The molecule has 0 aliphatic carbocycles. The van der Waals surface area contributed by atoms with Gasteiger partial charge in [0.15, 0.2) is 0 Å². The minimum Gasteiger partial charge on any atom is -0.383 e. The van der Waals surface area contributed by atoms with E-state index in [0.717, 1.165) is 11.6 Å². The first-order chi connectivity index (χ1) is 10.9. The van der Waals surface area contributed by atoms with Gasteiger partial charge in [0.2, 0.25) is 10.0 Å². The molecule has 7 heteroatoms. The van der Waals surface area contributed by atoms with Crippen LogP contribution in [-0.2, 0) is 21.3 Å². The first-order valence-electron chi connectivity index (χ1n) is 7.09. The quantitative estimate of drug-likeness (QED) is 0.778. The van der Waals surface area contributed by atoms with Crippen LogP contribution in [0.4, 0.5) is 4.39 Å². The molecule has 124 valence electrons. The van der Waals surface area contributed by atoms with Gasteiger partial charge in [0, 0.05) is 32.6 Å². The molecule has 1 aromatic carbocycles. The Bertz CT molecular complexity index is 751. The fourth-order valence-electron chi connectivity index (χ4n) is 2.16. The second kappa shape index (κ2) is 7.63. The van der Waals surface area contributed by atoms with Crippen molar-refractivity contribution < 1.29 is 17.5 Å². The van der Waals surface area contributed by atoms with E-state index in [0.29, 0.717) is 5.56 Å². The molecule has 0 aliphatic heterocycles. The van der Waals surface area contributed by atoms with E-state index in [2.05, 4.69) is 4.98 Å². The molecule has 0 saturated carbocycles. The summed E-state index contributed by atoms with van der Waals surface area (Å²) in [6.07, 6.45) is 3.22. The van der Waals surface area contributed by atoms with Crippen molar-refractivity contribution in [1.82, 2.24) is 9.29 Å². The van der Waals surface area contributed by atoms with Crippen molar-refractivity contribution in [2.24, 2.45) is 0 Å². The summed E-state index contributed by atoms with van der Waals surface area (Å²) in [6.45, 7) is 2.21. The Morgan fingerprint density at radius 1 is 1.30 bits per heavy atom. The Kier molecular flexibility index (Phi) is 5.81. The third-order valence-corrected chi connectivity index (χ3v) is 5.38. The third-order valence-electron chi connectivity index (χ3n) is 3.39. The van der Waals surface area contributed by atoms with Crippen molar-refractivity contribution in [2.75, 3.05) is 20.3 Å². The van der Waals surface area contributed by atoms with Gasteiger partial charge in [-0.3, -0.25) is 4.98 Å². The summed E-state index contributed by atoms with van der Waals surface area (Å²) in [5.41, 5.74) is 1.25. The Morgan fingerprint density at radius 3 is 2.74 bits per heavy atom. The van der Waals surface area contributed by atoms with Crippen LogP contribution in [0.5, 0.6) is 0 Å². The number of sulfonamides is 1. The number of nitrogens with zero attached hydrogens (tertiary/aromatic N) is 2. The van der Waals surface area contributed by atoms with Crippen LogP contribution in [0.15, 0.2) is 47.6 Å². The molecule has 5 nitrogen and oxygen atoms in total. The summed E-state index contributed by atoms with van der Waals surface area (Å²) in [6, 6.07) is 7.29. The predicted octanol–water partition coefficient (Wildman–Crippen LogP) is 2.37. The zero-order valence-electron chi connectivity index (χ0n) is 13.1. The normalized spacial score (nSPS) is 11.8. The molecule has 2 aromatic rings. The minimum absolute atomic E-state index is 0.0301. The van der Waals surface area contributed by atoms with Gasteiger partial charge < -0.3 is 4.74 Å². The minimum atomic E-state index is -3.84. The highest BCUT2D eigenvalue weighted by molar-refractivity contribution is 7.89. The topological polar surface area (TPSA) is 59.5 Å². The second-order valence-electron chi connectivity index (χ2n) is 5.10. The summed E-state index contributed by atoms with van der Waals surface area (Å²) in [5.74, 6) is -0.581. The van der Waals surface area contributed by atoms with Gasteiger partial charge in [-0.05, 0) is 36.2 Å². The molecule has 23 heavy (non-hydrogen) atoms. The van der Waals surface area contributed by atoms with Crippen molar-refractivity contribution >= 4 is 10.0 Å². The maximum Gasteiger partial charge on any atom is 0.243 e. The van der Waals surface area contributed by atoms with E-state index in [-0.39, 0.29) is 24.6 Å². The standard InChI is InChI=1S/C16H19FN2O3S/c1-13-5-6-15(17)10-16(13)23(20,21)19(8-9-22-2)12-14-4-3-7-18-11-14/h3-7,10-11H,8-9,12H2,1-2H3. The molecule has 2 rings (SSSR count). The lowest BCUT2D eigenvalue weighted by Crippen LogP contribution is -2.34. The average Bonchev–Trinajstić information content (AvgIpc) is 2.54. The highest BCUT2D eigenvalue weighted by Crippen LogP contribution is 2.22. The largest absolute Gasteiger partial charge is 0.383 e. The molecule has 0 radical (unpaired) electrons. The van der Waals surface area contributed by atoms with Crippen LogP contribution >= 0.6 is 0 Å². The fraction of sp³-hybridized carbons (Fsp3) is 0.312. The van der Waals surface area contributed by atoms with Crippen LogP contribution in [0.3, 0.4) is 0 Å². The monoisotopic (exact) mass is 338 g/mol. The van der Waals surface area contributed by atoms with Crippen LogP contribution in [0.1, 0.15) is 11.1 Å². The first kappa shape index (κ1) is 17.5. The lowest BCUT2D eigenvalue weighted by molar-refractivity contribution is 0.177. The number of hydrogen-bond acceptors (Lipinski definition) is 4. The van der Waals surface area contributed by atoms with Gasteiger partial charge in [0.05, 0.1) is 11.5 Å². The van der Waals surface area contributed by atoms with Gasteiger partial charge in [0.1, 0.15) is 5.82 Å². The Morgan fingerprint density at radius 2 is 2.09 bits per heavy atom. The van der Waals surface area contributed by atoms with Crippen LogP contribution < -0.4 is 0 Å². The highest BCUT2D eigenvalue weighted by atomic mass is 32.2. The Balaban J connectivity index is 2.38. The van der Waals surface area contributed by atoms with E-state index in [1.54, 1.807) is 31.5 Å². The summed E-state index contributed by atoms with van der Waals surface area (Å²) >= 11 is 0. The molecule has 1 aromatic heterocycles. The summed E-state index contributed by atoms with van der Waals surface area (Å²) in [5, 5.41) is 0. The fourth-order valence-corrected chi connectivity index (χ4v) is 3.81. The van der Waals surface area contributed by atoms with Gasteiger partial charge >= 0.3 is 0 Å². The summed E-state index contributed by atoms with van der Waals surface area (Å²) in [7, 11) is -2.34. The maximum atomic E-state index is 13.5.